The topological polar surface area (TPSA) is 12.0 Å². The van der Waals surface area contributed by atoms with E-state index in [0.717, 1.165) is 24.4 Å². The minimum absolute atomic E-state index is 0.644. The minimum atomic E-state index is 0.644. The van der Waals surface area contributed by atoms with Gasteiger partial charge in [-0.3, -0.25) is 0 Å². The average Bonchev–Trinajstić information content (AvgIpc) is 2.18. The number of nitrogens with one attached hydrogen (secondary N) is 1. The first-order chi connectivity index (χ1) is 6.81. The summed E-state index contributed by atoms with van der Waals surface area (Å²) >= 11 is 6.15. The highest BCUT2D eigenvalue weighted by Crippen LogP contribution is 2.27. The van der Waals surface area contributed by atoms with Gasteiger partial charge in [-0.2, -0.15) is 0 Å². The molecular formula is C12H16ClN. The second-order valence-corrected chi connectivity index (χ2v) is 4.28. The maximum Gasteiger partial charge on any atom is 0.0440 e. The summed E-state index contributed by atoms with van der Waals surface area (Å²) in [4.78, 5) is 0. The SMILES string of the molecule is CCNC1CCc2c(Cl)cccc2C1. The summed E-state index contributed by atoms with van der Waals surface area (Å²) in [5.74, 6) is 0. The third kappa shape index (κ3) is 1.94. The van der Waals surface area contributed by atoms with Crippen LogP contribution in [0.2, 0.25) is 5.02 Å². The van der Waals surface area contributed by atoms with E-state index < -0.39 is 0 Å². The van der Waals surface area contributed by atoms with E-state index in [9.17, 15) is 0 Å². The van der Waals surface area contributed by atoms with Gasteiger partial charge in [0.1, 0.15) is 0 Å². The van der Waals surface area contributed by atoms with E-state index in [1.54, 1.807) is 0 Å². The molecule has 1 aliphatic carbocycles. The molecule has 0 fully saturated rings. The molecule has 0 spiro atoms. The van der Waals surface area contributed by atoms with Gasteiger partial charge < -0.3 is 5.32 Å². The molecule has 76 valence electrons. The Morgan fingerprint density at radius 2 is 2.36 bits per heavy atom. The quantitative estimate of drug-likeness (QED) is 0.790. The van der Waals surface area contributed by atoms with Crippen molar-refractivity contribution in [2.75, 3.05) is 6.54 Å². The van der Waals surface area contributed by atoms with Gasteiger partial charge in [0.2, 0.25) is 0 Å². The summed E-state index contributed by atoms with van der Waals surface area (Å²) in [6.07, 6.45) is 3.46. The highest BCUT2D eigenvalue weighted by molar-refractivity contribution is 6.31. The van der Waals surface area contributed by atoms with Crippen LogP contribution in [0.1, 0.15) is 24.5 Å². The van der Waals surface area contributed by atoms with Crippen molar-refractivity contribution in [3.05, 3.63) is 34.3 Å². The fraction of sp³-hybridized carbons (Fsp3) is 0.500. The summed E-state index contributed by atoms with van der Waals surface area (Å²) in [6.45, 7) is 3.22. The number of hydrogen-bond acceptors (Lipinski definition) is 1. The molecule has 1 aliphatic rings. The van der Waals surface area contributed by atoms with Crippen LogP contribution in [0.25, 0.3) is 0 Å². The average molecular weight is 210 g/mol. The van der Waals surface area contributed by atoms with Crippen LogP contribution in [-0.4, -0.2) is 12.6 Å². The van der Waals surface area contributed by atoms with Gasteiger partial charge in [-0.25, -0.2) is 0 Å². The van der Waals surface area contributed by atoms with Crippen LogP contribution in [0.5, 0.6) is 0 Å². The van der Waals surface area contributed by atoms with E-state index in [2.05, 4.69) is 24.4 Å². The molecule has 0 saturated heterocycles. The van der Waals surface area contributed by atoms with Crippen LogP contribution in [0.15, 0.2) is 18.2 Å². The van der Waals surface area contributed by atoms with E-state index in [-0.39, 0.29) is 0 Å². The molecule has 1 N–H and O–H groups in total. The molecule has 0 heterocycles. The number of rotatable bonds is 2. The van der Waals surface area contributed by atoms with Gasteiger partial charge in [-0.15, -0.1) is 0 Å². The van der Waals surface area contributed by atoms with Gasteiger partial charge in [-0.05, 0) is 43.0 Å². The number of fused-ring (bicyclic) bond motifs is 1. The number of benzene rings is 1. The number of hydrogen-bond donors (Lipinski definition) is 1. The summed E-state index contributed by atoms with van der Waals surface area (Å²) < 4.78 is 0. The summed E-state index contributed by atoms with van der Waals surface area (Å²) in [6, 6.07) is 6.89. The molecule has 0 amide bonds. The van der Waals surface area contributed by atoms with Crippen molar-refractivity contribution in [3.63, 3.8) is 0 Å². The number of likely N-dealkylation sites (N-methyl/N-ethyl adjacent to an activating group) is 1. The van der Waals surface area contributed by atoms with Crippen molar-refractivity contribution in [1.82, 2.24) is 5.32 Å². The third-order valence-electron chi connectivity index (χ3n) is 2.92. The summed E-state index contributed by atoms with van der Waals surface area (Å²) in [5, 5.41) is 4.44. The Morgan fingerprint density at radius 1 is 1.50 bits per heavy atom. The Morgan fingerprint density at radius 3 is 3.14 bits per heavy atom. The second kappa shape index (κ2) is 4.33. The Hall–Kier alpha value is -0.530. The Bertz CT molecular complexity index is 322. The van der Waals surface area contributed by atoms with Crippen molar-refractivity contribution in [2.24, 2.45) is 0 Å². The lowest BCUT2D eigenvalue weighted by Crippen LogP contribution is -2.34. The smallest absolute Gasteiger partial charge is 0.0440 e. The maximum atomic E-state index is 6.15. The van der Waals surface area contributed by atoms with Crippen LogP contribution < -0.4 is 5.32 Å². The molecule has 2 heteroatoms. The van der Waals surface area contributed by atoms with Crippen LogP contribution >= 0.6 is 11.6 Å². The lowest BCUT2D eigenvalue weighted by Gasteiger charge is -2.25. The molecule has 1 aromatic carbocycles. The molecule has 14 heavy (non-hydrogen) atoms. The van der Waals surface area contributed by atoms with Gasteiger partial charge in [0.15, 0.2) is 0 Å². The van der Waals surface area contributed by atoms with E-state index in [0.29, 0.717) is 6.04 Å². The highest BCUT2D eigenvalue weighted by Gasteiger charge is 2.18. The van der Waals surface area contributed by atoms with Crippen molar-refractivity contribution >= 4 is 11.6 Å². The van der Waals surface area contributed by atoms with Crippen molar-refractivity contribution < 1.29 is 0 Å². The van der Waals surface area contributed by atoms with Crippen LogP contribution in [0, 0.1) is 0 Å². The molecule has 0 radical (unpaired) electrons. The van der Waals surface area contributed by atoms with Crippen molar-refractivity contribution in [2.45, 2.75) is 32.2 Å². The normalized spacial score (nSPS) is 20.6. The monoisotopic (exact) mass is 209 g/mol. The fourth-order valence-electron chi connectivity index (χ4n) is 2.22. The Kier molecular flexibility index (Phi) is 3.09. The minimum Gasteiger partial charge on any atom is -0.314 e. The molecule has 0 aromatic heterocycles. The molecule has 0 bridgehead atoms. The predicted octanol–water partition coefficient (Wildman–Crippen LogP) is 2.81. The summed E-state index contributed by atoms with van der Waals surface area (Å²) in [5.41, 5.74) is 2.79. The van der Waals surface area contributed by atoms with Gasteiger partial charge in [0, 0.05) is 11.1 Å². The van der Waals surface area contributed by atoms with Gasteiger partial charge in [0.05, 0.1) is 0 Å². The van der Waals surface area contributed by atoms with E-state index in [1.807, 2.05) is 6.07 Å². The fourth-order valence-corrected chi connectivity index (χ4v) is 2.51. The Labute approximate surface area is 90.5 Å². The van der Waals surface area contributed by atoms with Gasteiger partial charge in [-0.1, -0.05) is 30.7 Å². The first-order valence-electron chi connectivity index (χ1n) is 5.31. The first-order valence-corrected chi connectivity index (χ1v) is 5.68. The first kappa shape index (κ1) is 10.0. The van der Waals surface area contributed by atoms with Crippen molar-refractivity contribution in [3.8, 4) is 0 Å². The number of halogens is 1. The third-order valence-corrected chi connectivity index (χ3v) is 3.27. The lowest BCUT2D eigenvalue weighted by molar-refractivity contribution is 0.471. The molecule has 1 atom stereocenters. The van der Waals surface area contributed by atoms with Crippen LogP contribution in [-0.2, 0) is 12.8 Å². The summed E-state index contributed by atoms with van der Waals surface area (Å²) in [7, 11) is 0. The second-order valence-electron chi connectivity index (χ2n) is 3.87. The standard InChI is InChI=1S/C12H16ClN/c1-2-14-10-6-7-11-9(8-10)4-3-5-12(11)13/h3-5,10,14H,2,6-8H2,1H3. The zero-order valence-corrected chi connectivity index (χ0v) is 9.27. The molecule has 0 saturated carbocycles. The highest BCUT2D eigenvalue weighted by atomic mass is 35.5. The van der Waals surface area contributed by atoms with E-state index in [1.165, 1.54) is 17.5 Å². The van der Waals surface area contributed by atoms with Crippen LogP contribution in [0.4, 0.5) is 0 Å². The Balaban J connectivity index is 2.18. The molecule has 1 aromatic rings. The zero-order valence-electron chi connectivity index (χ0n) is 8.52. The van der Waals surface area contributed by atoms with Crippen LogP contribution in [0.3, 0.4) is 0 Å². The van der Waals surface area contributed by atoms with Gasteiger partial charge in [0.25, 0.3) is 0 Å². The lowest BCUT2D eigenvalue weighted by atomic mass is 9.88. The largest absolute Gasteiger partial charge is 0.314 e. The van der Waals surface area contributed by atoms with Gasteiger partial charge >= 0.3 is 0 Å². The zero-order chi connectivity index (χ0) is 9.97. The molecule has 0 aliphatic heterocycles. The molecule has 1 nitrogen and oxygen atoms in total. The maximum absolute atomic E-state index is 6.15. The van der Waals surface area contributed by atoms with E-state index in [4.69, 9.17) is 11.6 Å². The predicted molar refractivity (Wildman–Crippen MR) is 60.9 cm³/mol. The van der Waals surface area contributed by atoms with E-state index >= 15 is 0 Å². The molecule has 1 unspecified atom stereocenters. The molecule has 2 rings (SSSR count). The van der Waals surface area contributed by atoms with Crippen molar-refractivity contribution in [1.29, 1.82) is 0 Å². The molecular weight excluding hydrogens is 194 g/mol.